The Balaban J connectivity index is 3.06. The summed E-state index contributed by atoms with van der Waals surface area (Å²) in [4.78, 5) is 10.2. The highest BCUT2D eigenvalue weighted by atomic mass is 16.6. The van der Waals surface area contributed by atoms with E-state index in [0.717, 1.165) is 0 Å². The number of nitrogens with zero attached hydrogens (tertiary/aromatic N) is 1. The maximum atomic E-state index is 10.7. The van der Waals surface area contributed by atoms with Crippen molar-refractivity contribution in [3.8, 4) is 5.75 Å². The van der Waals surface area contributed by atoms with Gasteiger partial charge in [0.05, 0.1) is 18.1 Å². The minimum Gasteiger partial charge on any atom is -0.490 e. The first-order valence-corrected chi connectivity index (χ1v) is 4.80. The first-order valence-electron chi connectivity index (χ1n) is 4.80. The van der Waals surface area contributed by atoms with Gasteiger partial charge in [-0.1, -0.05) is 6.07 Å². The van der Waals surface area contributed by atoms with E-state index in [1.54, 1.807) is 6.07 Å². The Morgan fingerprint density at radius 1 is 1.62 bits per heavy atom. The van der Waals surface area contributed by atoms with Gasteiger partial charge in [0.25, 0.3) is 0 Å². The highest BCUT2D eigenvalue weighted by Gasteiger charge is 2.17. The number of rotatable bonds is 5. The lowest BCUT2D eigenvalue weighted by molar-refractivity contribution is -0.385. The van der Waals surface area contributed by atoms with Gasteiger partial charge in [-0.2, -0.15) is 0 Å². The van der Waals surface area contributed by atoms with Crippen molar-refractivity contribution < 1.29 is 14.8 Å². The molecule has 0 radical (unpaired) electrons. The van der Waals surface area contributed by atoms with Crippen molar-refractivity contribution in [3.63, 3.8) is 0 Å². The lowest BCUT2D eigenvalue weighted by Crippen LogP contribution is -2.07. The minimum atomic E-state index is -0.783. The summed E-state index contributed by atoms with van der Waals surface area (Å²) in [5, 5.41) is 20.4. The zero-order valence-corrected chi connectivity index (χ0v) is 8.92. The zero-order valence-electron chi connectivity index (χ0n) is 8.92. The van der Waals surface area contributed by atoms with Gasteiger partial charge in [0.2, 0.25) is 0 Å². The summed E-state index contributed by atoms with van der Waals surface area (Å²) >= 11 is 0. The third-order valence-corrected chi connectivity index (χ3v) is 2.22. The molecule has 0 aliphatic rings. The number of aliphatic hydroxyl groups is 1. The van der Waals surface area contributed by atoms with E-state index < -0.39 is 11.0 Å². The summed E-state index contributed by atoms with van der Waals surface area (Å²) in [5.74, 6) is 0.175. The lowest BCUT2D eigenvalue weighted by atomic mass is 10.1. The second-order valence-electron chi connectivity index (χ2n) is 3.28. The van der Waals surface area contributed by atoms with Crippen molar-refractivity contribution in [2.24, 2.45) is 5.73 Å². The Morgan fingerprint density at radius 3 is 2.81 bits per heavy atom. The fourth-order valence-corrected chi connectivity index (χ4v) is 1.38. The van der Waals surface area contributed by atoms with Gasteiger partial charge in [-0.05, 0) is 24.6 Å². The van der Waals surface area contributed by atoms with Gasteiger partial charge in [0.1, 0.15) is 0 Å². The van der Waals surface area contributed by atoms with E-state index in [1.165, 1.54) is 19.2 Å². The molecule has 88 valence electrons. The molecule has 6 heteroatoms. The summed E-state index contributed by atoms with van der Waals surface area (Å²) < 4.78 is 4.85. The van der Waals surface area contributed by atoms with Crippen LogP contribution in [0.25, 0.3) is 0 Å². The van der Waals surface area contributed by atoms with Crippen LogP contribution in [0.3, 0.4) is 0 Å². The number of nitro benzene ring substituents is 1. The molecule has 1 aromatic carbocycles. The van der Waals surface area contributed by atoms with Gasteiger partial charge in [0.15, 0.2) is 5.75 Å². The molecule has 0 aromatic heterocycles. The van der Waals surface area contributed by atoms with E-state index in [4.69, 9.17) is 10.5 Å². The smallest absolute Gasteiger partial charge is 0.311 e. The van der Waals surface area contributed by atoms with Crippen LogP contribution in [-0.4, -0.2) is 23.7 Å². The molecule has 16 heavy (non-hydrogen) atoms. The quantitative estimate of drug-likeness (QED) is 0.576. The van der Waals surface area contributed by atoms with Crippen molar-refractivity contribution in [2.75, 3.05) is 13.7 Å². The number of hydrogen-bond donors (Lipinski definition) is 2. The van der Waals surface area contributed by atoms with Crippen LogP contribution in [0.5, 0.6) is 5.75 Å². The van der Waals surface area contributed by atoms with Gasteiger partial charge >= 0.3 is 5.69 Å². The summed E-state index contributed by atoms with van der Waals surface area (Å²) in [7, 11) is 1.36. The number of hydrogen-bond acceptors (Lipinski definition) is 5. The molecule has 3 N–H and O–H groups in total. The van der Waals surface area contributed by atoms with E-state index in [1.807, 2.05) is 0 Å². The molecule has 1 atom stereocenters. The second kappa shape index (κ2) is 5.43. The SMILES string of the molecule is COc1ccc([C@@H](O)CCN)cc1[N+](=O)[O-]. The molecule has 0 saturated carbocycles. The molecule has 0 spiro atoms. The number of ether oxygens (including phenoxy) is 1. The number of benzene rings is 1. The lowest BCUT2D eigenvalue weighted by Gasteiger charge is -2.10. The van der Waals surface area contributed by atoms with E-state index in [9.17, 15) is 15.2 Å². The Labute approximate surface area is 92.8 Å². The van der Waals surface area contributed by atoms with Crippen LogP contribution in [0, 0.1) is 10.1 Å². The average Bonchev–Trinajstić information content (AvgIpc) is 2.28. The Hall–Kier alpha value is -1.66. The predicted molar refractivity (Wildman–Crippen MR) is 58.3 cm³/mol. The maximum Gasteiger partial charge on any atom is 0.311 e. The van der Waals surface area contributed by atoms with Crippen molar-refractivity contribution in [3.05, 3.63) is 33.9 Å². The van der Waals surface area contributed by atoms with E-state index in [0.29, 0.717) is 18.5 Å². The molecule has 1 rings (SSSR count). The third-order valence-electron chi connectivity index (χ3n) is 2.22. The van der Waals surface area contributed by atoms with Gasteiger partial charge < -0.3 is 15.6 Å². The Morgan fingerprint density at radius 2 is 2.31 bits per heavy atom. The number of aliphatic hydroxyl groups excluding tert-OH is 1. The largest absolute Gasteiger partial charge is 0.490 e. The standard InChI is InChI=1S/C10H14N2O4/c1-16-10-3-2-7(9(13)4-5-11)6-8(10)12(14)15/h2-3,6,9,13H,4-5,11H2,1H3/t9-/m0/s1. The first-order chi connectivity index (χ1) is 7.60. The molecule has 0 aliphatic carbocycles. The fraction of sp³-hybridized carbons (Fsp3) is 0.400. The minimum absolute atomic E-state index is 0.156. The van der Waals surface area contributed by atoms with Crippen molar-refractivity contribution in [1.82, 2.24) is 0 Å². The molecule has 0 aliphatic heterocycles. The van der Waals surface area contributed by atoms with Crippen LogP contribution in [-0.2, 0) is 0 Å². The summed E-state index contributed by atoms with van der Waals surface area (Å²) in [6.07, 6.45) is -0.418. The monoisotopic (exact) mass is 226 g/mol. The number of nitro groups is 1. The first kappa shape index (κ1) is 12.4. The molecule has 0 unspecified atom stereocenters. The maximum absolute atomic E-state index is 10.7. The van der Waals surface area contributed by atoms with Gasteiger partial charge in [-0.15, -0.1) is 0 Å². The van der Waals surface area contributed by atoms with Crippen molar-refractivity contribution in [2.45, 2.75) is 12.5 Å². The van der Waals surface area contributed by atoms with Crippen LogP contribution in [0.4, 0.5) is 5.69 Å². The van der Waals surface area contributed by atoms with E-state index in [2.05, 4.69) is 0 Å². The summed E-state index contributed by atoms with van der Waals surface area (Å²) in [6, 6.07) is 4.36. The number of methoxy groups -OCH3 is 1. The average molecular weight is 226 g/mol. The summed E-state index contributed by atoms with van der Waals surface area (Å²) in [6.45, 7) is 0.320. The Bertz CT molecular complexity index is 381. The van der Waals surface area contributed by atoms with Gasteiger partial charge in [-0.3, -0.25) is 10.1 Å². The molecule has 6 nitrogen and oxygen atoms in total. The van der Waals surface area contributed by atoms with Crippen LogP contribution >= 0.6 is 0 Å². The molecule has 0 fully saturated rings. The van der Waals surface area contributed by atoms with Crippen LogP contribution < -0.4 is 10.5 Å². The van der Waals surface area contributed by atoms with Gasteiger partial charge in [0, 0.05) is 6.07 Å². The topological polar surface area (TPSA) is 98.6 Å². The van der Waals surface area contributed by atoms with Crippen LogP contribution in [0.15, 0.2) is 18.2 Å². The third kappa shape index (κ3) is 2.68. The van der Waals surface area contributed by atoms with Crippen molar-refractivity contribution in [1.29, 1.82) is 0 Å². The molecular formula is C10H14N2O4. The predicted octanol–water partition coefficient (Wildman–Crippen LogP) is 0.986. The van der Waals surface area contributed by atoms with Gasteiger partial charge in [-0.25, -0.2) is 0 Å². The molecule has 0 heterocycles. The second-order valence-corrected chi connectivity index (χ2v) is 3.28. The summed E-state index contributed by atoms with van der Waals surface area (Å²) in [5.41, 5.74) is 5.62. The number of nitrogens with two attached hydrogens (primary N) is 1. The molecule has 0 amide bonds. The van der Waals surface area contributed by atoms with Crippen molar-refractivity contribution >= 4 is 5.69 Å². The normalized spacial score (nSPS) is 12.2. The molecular weight excluding hydrogens is 212 g/mol. The van der Waals surface area contributed by atoms with E-state index in [-0.39, 0.29) is 11.4 Å². The molecule has 0 bridgehead atoms. The van der Waals surface area contributed by atoms with Crippen LogP contribution in [0.1, 0.15) is 18.1 Å². The Kier molecular flexibility index (Phi) is 4.21. The van der Waals surface area contributed by atoms with E-state index >= 15 is 0 Å². The van der Waals surface area contributed by atoms with Crippen LogP contribution in [0.2, 0.25) is 0 Å². The highest BCUT2D eigenvalue weighted by Crippen LogP contribution is 2.30. The zero-order chi connectivity index (χ0) is 12.1. The fourth-order valence-electron chi connectivity index (χ4n) is 1.38. The molecule has 1 aromatic rings. The molecule has 0 saturated heterocycles. The highest BCUT2D eigenvalue weighted by molar-refractivity contribution is 5.49.